The van der Waals surface area contributed by atoms with Gasteiger partial charge in [0.2, 0.25) is 11.5 Å². The van der Waals surface area contributed by atoms with Crippen LogP contribution in [0.4, 0.5) is 0 Å². The molecule has 0 saturated carbocycles. The van der Waals surface area contributed by atoms with Crippen molar-refractivity contribution in [3.8, 4) is 0 Å². The number of halogens is 1. The second-order valence-electron chi connectivity index (χ2n) is 4.57. The van der Waals surface area contributed by atoms with Crippen molar-refractivity contribution in [2.45, 2.75) is 0 Å². The smallest absolute Gasteiger partial charge is 0.374 e. The van der Waals surface area contributed by atoms with E-state index in [0.29, 0.717) is 14.6 Å². The van der Waals surface area contributed by atoms with Crippen molar-refractivity contribution in [2.75, 3.05) is 6.61 Å². The van der Waals surface area contributed by atoms with E-state index in [0.717, 1.165) is 17.4 Å². The summed E-state index contributed by atoms with van der Waals surface area (Å²) in [4.78, 5) is 36.1. The highest BCUT2D eigenvalue weighted by Crippen LogP contribution is 2.22. The highest BCUT2D eigenvalue weighted by Gasteiger charge is 2.17. The number of rotatable bonds is 4. The molecule has 0 saturated heterocycles. The Balaban J connectivity index is 1.76. The summed E-state index contributed by atoms with van der Waals surface area (Å²) in [5.41, 5.74) is -0.0709. The summed E-state index contributed by atoms with van der Waals surface area (Å²) in [6.45, 7) is -0.452. The molecule has 0 amide bonds. The Bertz CT molecular complexity index is 956. The van der Waals surface area contributed by atoms with Crippen LogP contribution in [0.3, 0.4) is 0 Å². The molecule has 0 radical (unpaired) electrons. The summed E-state index contributed by atoms with van der Waals surface area (Å²) >= 11 is 6.84. The molecule has 2 heterocycles. The lowest BCUT2D eigenvalue weighted by molar-refractivity contribution is 0.0445. The van der Waals surface area contributed by atoms with Crippen LogP contribution in [0.2, 0.25) is 4.34 Å². The van der Waals surface area contributed by atoms with Gasteiger partial charge in [-0.1, -0.05) is 23.7 Å². The maximum absolute atomic E-state index is 12.0. The Hall–Kier alpha value is -2.44. The molecule has 23 heavy (non-hydrogen) atoms. The number of Topliss-reactive ketones (excluding diaryl/α,β-unsaturated/α-hetero) is 1. The molecule has 3 rings (SSSR count). The Morgan fingerprint density at radius 3 is 2.70 bits per heavy atom. The Labute approximate surface area is 139 Å². The van der Waals surface area contributed by atoms with Crippen LogP contribution in [-0.2, 0) is 4.74 Å². The number of ether oxygens (including phenoxy) is 1. The van der Waals surface area contributed by atoms with Gasteiger partial charge in [-0.15, -0.1) is 11.3 Å². The second kappa shape index (κ2) is 6.36. The first-order valence-corrected chi connectivity index (χ1v) is 7.72. The number of thiophene rings is 1. The molecule has 1 aromatic carbocycles. The van der Waals surface area contributed by atoms with Crippen molar-refractivity contribution in [3.63, 3.8) is 0 Å². The zero-order chi connectivity index (χ0) is 16.4. The largest absolute Gasteiger partial charge is 0.451 e. The molecule has 0 bridgehead atoms. The lowest BCUT2D eigenvalue weighted by Crippen LogP contribution is -2.15. The number of esters is 1. The van der Waals surface area contributed by atoms with Gasteiger partial charge in [-0.05, 0) is 24.3 Å². The molecule has 0 unspecified atom stereocenters. The van der Waals surface area contributed by atoms with Crippen LogP contribution >= 0.6 is 22.9 Å². The number of hydrogen-bond acceptors (Lipinski definition) is 6. The van der Waals surface area contributed by atoms with E-state index in [2.05, 4.69) is 0 Å². The molecule has 0 aliphatic rings. The van der Waals surface area contributed by atoms with Crippen molar-refractivity contribution in [2.24, 2.45) is 0 Å². The second-order valence-corrected chi connectivity index (χ2v) is 6.29. The van der Waals surface area contributed by atoms with Crippen molar-refractivity contribution in [3.05, 3.63) is 67.7 Å². The van der Waals surface area contributed by atoms with Gasteiger partial charge in [-0.25, -0.2) is 4.79 Å². The molecule has 3 aromatic rings. The highest BCUT2D eigenvalue weighted by atomic mass is 35.5. The third-order valence-corrected chi connectivity index (χ3v) is 4.29. The maximum Gasteiger partial charge on any atom is 0.374 e. The topological polar surface area (TPSA) is 73.6 Å². The van der Waals surface area contributed by atoms with Crippen molar-refractivity contribution < 1.29 is 18.7 Å². The average Bonchev–Trinajstić information content (AvgIpc) is 2.99. The lowest BCUT2D eigenvalue weighted by atomic mass is 10.2. The van der Waals surface area contributed by atoms with Crippen molar-refractivity contribution in [1.29, 1.82) is 0 Å². The van der Waals surface area contributed by atoms with Crippen LogP contribution in [-0.4, -0.2) is 18.4 Å². The van der Waals surface area contributed by atoms with Crippen LogP contribution in [0.5, 0.6) is 0 Å². The fourth-order valence-corrected chi connectivity index (χ4v) is 2.91. The van der Waals surface area contributed by atoms with Gasteiger partial charge < -0.3 is 9.15 Å². The van der Waals surface area contributed by atoms with E-state index < -0.39 is 12.6 Å². The fourth-order valence-electron chi connectivity index (χ4n) is 1.94. The van der Waals surface area contributed by atoms with Crippen LogP contribution < -0.4 is 5.43 Å². The summed E-state index contributed by atoms with van der Waals surface area (Å²) in [5, 5.41) is 0.369. The number of benzene rings is 1. The number of hydrogen-bond donors (Lipinski definition) is 0. The van der Waals surface area contributed by atoms with E-state index in [9.17, 15) is 14.4 Å². The molecule has 0 spiro atoms. The average molecular weight is 349 g/mol. The molecule has 5 nitrogen and oxygen atoms in total. The number of carbonyl (C=O) groups is 2. The molecule has 0 atom stereocenters. The van der Waals surface area contributed by atoms with Gasteiger partial charge in [0.25, 0.3) is 0 Å². The minimum absolute atomic E-state index is 0.245. The Morgan fingerprint density at radius 1 is 1.17 bits per heavy atom. The number of carbonyl (C=O) groups excluding carboxylic acids is 2. The zero-order valence-corrected chi connectivity index (χ0v) is 13.1. The van der Waals surface area contributed by atoms with Gasteiger partial charge in [0, 0.05) is 6.07 Å². The summed E-state index contributed by atoms with van der Waals surface area (Å²) in [7, 11) is 0. The zero-order valence-electron chi connectivity index (χ0n) is 11.6. The van der Waals surface area contributed by atoms with Gasteiger partial charge in [0.15, 0.2) is 12.0 Å². The van der Waals surface area contributed by atoms with E-state index in [1.807, 2.05) is 0 Å². The molecule has 7 heteroatoms. The molecule has 0 aliphatic heterocycles. The van der Waals surface area contributed by atoms with Gasteiger partial charge in [-0.2, -0.15) is 0 Å². The minimum atomic E-state index is -0.871. The van der Waals surface area contributed by atoms with E-state index in [1.54, 1.807) is 36.4 Å². The standard InChI is InChI=1S/C16H9ClO5S/c17-15-6-5-14(23-15)11(19)8-21-16(20)13-7-10(18)9-3-1-2-4-12(9)22-13/h1-7H,8H2. The SMILES string of the molecule is O=C(OCC(=O)c1ccc(Cl)s1)c1cc(=O)c2ccccc2o1. The van der Waals surface area contributed by atoms with Crippen LogP contribution in [0.1, 0.15) is 20.2 Å². The Morgan fingerprint density at radius 2 is 1.96 bits per heavy atom. The fraction of sp³-hybridized carbons (Fsp3) is 0.0625. The predicted molar refractivity (Wildman–Crippen MR) is 86.4 cm³/mol. The minimum Gasteiger partial charge on any atom is -0.451 e. The maximum atomic E-state index is 12.0. The normalized spacial score (nSPS) is 10.7. The summed E-state index contributed by atoms with van der Waals surface area (Å²) in [6, 6.07) is 10.7. The van der Waals surface area contributed by atoms with E-state index in [4.69, 9.17) is 20.8 Å². The predicted octanol–water partition coefficient (Wildman–Crippen LogP) is 3.55. The van der Waals surface area contributed by atoms with Gasteiger partial charge in [0.05, 0.1) is 14.6 Å². The van der Waals surface area contributed by atoms with Crippen LogP contribution in [0.25, 0.3) is 11.0 Å². The number of para-hydroxylation sites is 1. The summed E-state index contributed by atoms with van der Waals surface area (Å²) in [5.74, 6) is -1.49. The van der Waals surface area contributed by atoms with Crippen molar-refractivity contribution in [1.82, 2.24) is 0 Å². The van der Waals surface area contributed by atoms with Gasteiger partial charge in [-0.3, -0.25) is 9.59 Å². The molecular weight excluding hydrogens is 340 g/mol. The number of fused-ring (bicyclic) bond motifs is 1. The van der Waals surface area contributed by atoms with Crippen LogP contribution in [0, 0.1) is 0 Å². The monoisotopic (exact) mass is 348 g/mol. The first kappa shape index (κ1) is 15.5. The lowest BCUT2D eigenvalue weighted by Gasteiger charge is -2.03. The van der Waals surface area contributed by atoms with E-state index in [-0.39, 0.29) is 22.6 Å². The third kappa shape index (κ3) is 3.33. The molecule has 0 N–H and O–H groups in total. The molecule has 0 aliphatic carbocycles. The quantitative estimate of drug-likeness (QED) is 0.532. The highest BCUT2D eigenvalue weighted by molar-refractivity contribution is 7.18. The first-order valence-electron chi connectivity index (χ1n) is 6.53. The molecule has 2 aromatic heterocycles. The molecule has 0 fully saturated rings. The molecular formula is C16H9ClO5S. The first-order chi connectivity index (χ1) is 11.0. The Kier molecular flexibility index (Phi) is 4.27. The van der Waals surface area contributed by atoms with E-state index in [1.165, 1.54) is 0 Å². The summed E-state index contributed by atoms with van der Waals surface area (Å²) < 4.78 is 10.7. The van der Waals surface area contributed by atoms with Gasteiger partial charge >= 0.3 is 5.97 Å². The van der Waals surface area contributed by atoms with Crippen molar-refractivity contribution >= 4 is 45.7 Å². The van der Waals surface area contributed by atoms with E-state index >= 15 is 0 Å². The third-order valence-electron chi connectivity index (χ3n) is 3.02. The summed E-state index contributed by atoms with van der Waals surface area (Å²) in [6.07, 6.45) is 0. The molecule has 116 valence electrons. The van der Waals surface area contributed by atoms with Gasteiger partial charge in [0.1, 0.15) is 5.58 Å². The van der Waals surface area contributed by atoms with Crippen LogP contribution in [0.15, 0.2) is 51.7 Å². The number of ketones is 1.